The molecule has 1 aliphatic rings. The van der Waals surface area contributed by atoms with Crippen molar-refractivity contribution in [1.82, 2.24) is 5.32 Å². The van der Waals surface area contributed by atoms with E-state index in [-0.39, 0.29) is 5.41 Å². The first kappa shape index (κ1) is 12.5. The summed E-state index contributed by atoms with van der Waals surface area (Å²) in [6.45, 7) is 5.77. The Hall–Kier alpha value is 0.01000. The van der Waals surface area contributed by atoms with Crippen LogP contribution in [0.3, 0.4) is 0 Å². The molecule has 1 nitrogen and oxygen atoms in total. The summed E-state index contributed by atoms with van der Waals surface area (Å²) in [6, 6.07) is 5.14. The van der Waals surface area contributed by atoms with Gasteiger partial charge >= 0.3 is 0 Å². The van der Waals surface area contributed by atoms with Gasteiger partial charge in [0.25, 0.3) is 0 Å². The fraction of sp³-hybridized carbons (Fsp3) is 0.692. The van der Waals surface area contributed by atoms with Gasteiger partial charge in [-0.05, 0) is 30.0 Å². The number of nitrogens with one attached hydrogen (secondary N) is 1. The maximum Gasteiger partial charge on any atom is 0.0158 e. The predicted molar refractivity (Wildman–Crippen MR) is 75.7 cm³/mol. The molecule has 1 aromatic rings. The van der Waals surface area contributed by atoms with Gasteiger partial charge < -0.3 is 5.32 Å². The molecule has 1 N–H and O–H groups in total. The largest absolute Gasteiger partial charge is 0.312 e. The summed E-state index contributed by atoms with van der Waals surface area (Å²) in [5.74, 6) is 2.65. The SMILES string of the molecule is CC(C)(CNC1CCCSC1)c1cccs1. The van der Waals surface area contributed by atoms with Gasteiger partial charge in [0.1, 0.15) is 0 Å². The molecule has 0 bridgehead atoms. The minimum atomic E-state index is 0.274. The molecular weight excluding hydrogens is 234 g/mol. The van der Waals surface area contributed by atoms with Gasteiger partial charge in [0.2, 0.25) is 0 Å². The molecule has 90 valence electrons. The first-order chi connectivity index (χ1) is 7.68. The van der Waals surface area contributed by atoms with Crippen LogP contribution < -0.4 is 5.32 Å². The fourth-order valence-corrected chi connectivity index (χ4v) is 4.01. The van der Waals surface area contributed by atoms with Crippen molar-refractivity contribution in [1.29, 1.82) is 0 Å². The fourth-order valence-electron chi connectivity index (χ4n) is 2.05. The monoisotopic (exact) mass is 255 g/mol. The molecule has 1 unspecified atom stereocenters. The number of hydrogen-bond acceptors (Lipinski definition) is 3. The van der Waals surface area contributed by atoms with E-state index < -0.39 is 0 Å². The van der Waals surface area contributed by atoms with Crippen molar-refractivity contribution >= 4 is 23.1 Å². The summed E-state index contributed by atoms with van der Waals surface area (Å²) in [7, 11) is 0. The van der Waals surface area contributed by atoms with Crippen molar-refractivity contribution in [2.24, 2.45) is 0 Å². The number of thioether (sulfide) groups is 1. The summed E-state index contributed by atoms with van der Waals surface area (Å²) >= 11 is 3.96. The molecule has 0 aromatic carbocycles. The van der Waals surface area contributed by atoms with E-state index in [9.17, 15) is 0 Å². The summed E-state index contributed by atoms with van der Waals surface area (Å²) < 4.78 is 0. The molecule has 16 heavy (non-hydrogen) atoms. The minimum Gasteiger partial charge on any atom is -0.312 e. The second-order valence-electron chi connectivity index (χ2n) is 5.16. The van der Waals surface area contributed by atoms with E-state index in [0.717, 1.165) is 12.6 Å². The van der Waals surface area contributed by atoms with Gasteiger partial charge in [0.05, 0.1) is 0 Å². The van der Waals surface area contributed by atoms with Crippen LogP contribution in [0.25, 0.3) is 0 Å². The molecule has 0 spiro atoms. The molecule has 3 heteroatoms. The lowest BCUT2D eigenvalue weighted by Crippen LogP contribution is -2.41. The van der Waals surface area contributed by atoms with Gasteiger partial charge in [-0.15, -0.1) is 11.3 Å². The van der Waals surface area contributed by atoms with Crippen LogP contribution in [0, 0.1) is 0 Å². The van der Waals surface area contributed by atoms with Gasteiger partial charge in [0, 0.05) is 28.6 Å². The third-order valence-corrected chi connectivity index (χ3v) is 5.63. The van der Waals surface area contributed by atoms with Crippen LogP contribution in [-0.4, -0.2) is 24.1 Å². The lowest BCUT2D eigenvalue weighted by Gasteiger charge is -2.29. The van der Waals surface area contributed by atoms with E-state index in [1.54, 1.807) is 0 Å². The normalized spacial score (nSPS) is 22.2. The molecule has 2 rings (SSSR count). The van der Waals surface area contributed by atoms with E-state index in [1.165, 1.54) is 29.2 Å². The van der Waals surface area contributed by atoms with E-state index >= 15 is 0 Å². The Morgan fingerprint density at radius 3 is 3.00 bits per heavy atom. The van der Waals surface area contributed by atoms with Crippen LogP contribution in [0.1, 0.15) is 31.6 Å². The Bertz CT molecular complexity index is 300. The highest BCUT2D eigenvalue weighted by Gasteiger charge is 2.23. The minimum absolute atomic E-state index is 0.274. The van der Waals surface area contributed by atoms with E-state index in [0.29, 0.717) is 0 Å². The van der Waals surface area contributed by atoms with E-state index in [4.69, 9.17) is 0 Å². The van der Waals surface area contributed by atoms with E-state index in [1.807, 2.05) is 11.3 Å². The molecule has 1 fully saturated rings. The first-order valence-electron chi connectivity index (χ1n) is 6.03. The zero-order chi connectivity index (χ0) is 11.4. The molecule has 0 amide bonds. The highest BCUT2D eigenvalue weighted by molar-refractivity contribution is 7.99. The van der Waals surface area contributed by atoms with Crippen molar-refractivity contribution in [2.75, 3.05) is 18.1 Å². The molecule has 1 aromatic heterocycles. The van der Waals surface area contributed by atoms with Gasteiger partial charge in [-0.3, -0.25) is 0 Å². The summed E-state index contributed by atoms with van der Waals surface area (Å²) in [6.07, 6.45) is 2.73. The predicted octanol–water partition coefficient (Wildman–Crippen LogP) is 3.51. The Balaban J connectivity index is 1.84. The quantitative estimate of drug-likeness (QED) is 0.883. The van der Waals surface area contributed by atoms with E-state index in [2.05, 4.69) is 48.4 Å². The Kier molecular flexibility index (Phi) is 4.34. The molecule has 0 saturated carbocycles. The molecular formula is C13H21NS2. The highest BCUT2D eigenvalue weighted by atomic mass is 32.2. The molecule has 0 aliphatic carbocycles. The van der Waals surface area contributed by atoms with Crippen LogP contribution in [0.2, 0.25) is 0 Å². The number of thiophene rings is 1. The van der Waals surface area contributed by atoms with Crippen molar-refractivity contribution in [2.45, 2.75) is 38.1 Å². The maximum atomic E-state index is 3.74. The first-order valence-corrected chi connectivity index (χ1v) is 8.07. The van der Waals surface area contributed by atoms with Crippen LogP contribution in [-0.2, 0) is 5.41 Å². The lowest BCUT2D eigenvalue weighted by atomic mass is 9.91. The summed E-state index contributed by atoms with van der Waals surface area (Å²) in [5, 5.41) is 5.91. The highest BCUT2D eigenvalue weighted by Crippen LogP contribution is 2.27. The van der Waals surface area contributed by atoms with Crippen molar-refractivity contribution in [3.63, 3.8) is 0 Å². The molecule has 1 saturated heterocycles. The van der Waals surface area contributed by atoms with Gasteiger partial charge in [-0.2, -0.15) is 11.8 Å². The van der Waals surface area contributed by atoms with Crippen molar-refractivity contribution < 1.29 is 0 Å². The summed E-state index contributed by atoms with van der Waals surface area (Å²) in [5.41, 5.74) is 0.274. The third kappa shape index (κ3) is 3.25. The zero-order valence-electron chi connectivity index (χ0n) is 10.2. The molecule has 2 heterocycles. The summed E-state index contributed by atoms with van der Waals surface area (Å²) in [4.78, 5) is 1.49. The third-order valence-electron chi connectivity index (χ3n) is 3.18. The van der Waals surface area contributed by atoms with Gasteiger partial charge in [0.15, 0.2) is 0 Å². The maximum absolute atomic E-state index is 3.74. The van der Waals surface area contributed by atoms with Gasteiger partial charge in [-0.1, -0.05) is 19.9 Å². The lowest BCUT2D eigenvalue weighted by molar-refractivity contribution is 0.420. The van der Waals surface area contributed by atoms with Crippen molar-refractivity contribution in [3.05, 3.63) is 22.4 Å². The average Bonchev–Trinajstić information content (AvgIpc) is 2.82. The standard InChI is InChI=1S/C13H21NS2/c1-13(2,12-6-4-8-16-12)10-14-11-5-3-7-15-9-11/h4,6,8,11,14H,3,5,7,9-10H2,1-2H3. The second-order valence-corrected chi connectivity index (χ2v) is 7.25. The van der Waals surface area contributed by atoms with Crippen LogP contribution >= 0.6 is 23.1 Å². The zero-order valence-corrected chi connectivity index (χ0v) is 11.8. The number of hydrogen-bond donors (Lipinski definition) is 1. The Labute approximate surface area is 107 Å². The molecule has 1 atom stereocenters. The van der Waals surface area contributed by atoms with Crippen molar-refractivity contribution in [3.8, 4) is 0 Å². The van der Waals surface area contributed by atoms with Crippen LogP contribution in [0.15, 0.2) is 17.5 Å². The molecule has 0 radical (unpaired) electrons. The molecule has 1 aliphatic heterocycles. The Morgan fingerprint density at radius 1 is 1.50 bits per heavy atom. The number of rotatable bonds is 4. The Morgan fingerprint density at radius 2 is 2.38 bits per heavy atom. The average molecular weight is 255 g/mol. The van der Waals surface area contributed by atoms with Crippen LogP contribution in [0.4, 0.5) is 0 Å². The second kappa shape index (κ2) is 5.56. The van der Waals surface area contributed by atoms with Crippen LogP contribution in [0.5, 0.6) is 0 Å². The topological polar surface area (TPSA) is 12.0 Å². The smallest absolute Gasteiger partial charge is 0.0158 e. The van der Waals surface area contributed by atoms with Gasteiger partial charge in [-0.25, -0.2) is 0 Å².